The first-order valence-corrected chi connectivity index (χ1v) is 4.46. The summed E-state index contributed by atoms with van der Waals surface area (Å²) in [6, 6.07) is 0. The molecular formula is C8H18NP. The molecule has 0 aromatic heterocycles. The van der Waals surface area contributed by atoms with Crippen LogP contribution in [0.3, 0.4) is 0 Å². The zero-order chi connectivity index (χ0) is 7.98. The fourth-order valence-electron chi connectivity index (χ4n) is 0.786. The molecule has 1 aliphatic heterocycles. The molecule has 0 radical (unpaired) electrons. The molecule has 1 atom stereocenters. The Bertz CT molecular complexity index is 110. The van der Waals surface area contributed by atoms with Gasteiger partial charge >= 0.3 is 0 Å². The van der Waals surface area contributed by atoms with Gasteiger partial charge in [0.05, 0.1) is 0 Å². The fourth-order valence-corrected chi connectivity index (χ4v) is 1.02. The molecule has 2 heteroatoms. The summed E-state index contributed by atoms with van der Waals surface area (Å²) in [4.78, 5) is 0. The summed E-state index contributed by atoms with van der Waals surface area (Å²) >= 11 is 0. The highest BCUT2D eigenvalue weighted by Crippen LogP contribution is 2.11. The molecule has 1 unspecified atom stereocenters. The van der Waals surface area contributed by atoms with Crippen molar-refractivity contribution in [1.82, 2.24) is 4.67 Å². The lowest BCUT2D eigenvalue weighted by Crippen LogP contribution is -2.17. The van der Waals surface area contributed by atoms with Gasteiger partial charge in [-0.15, -0.1) is 0 Å². The van der Waals surface area contributed by atoms with Gasteiger partial charge in [-0.3, -0.25) is 4.67 Å². The molecule has 1 nitrogen and oxygen atoms in total. The summed E-state index contributed by atoms with van der Waals surface area (Å²) in [6.45, 7) is 8.50. The van der Waals surface area contributed by atoms with Crippen LogP contribution in [0.15, 0.2) is 11.6 Å². The average Bonchev–Trinajstić information content (AvgIpc) is 2.00. The summed E-state index contributed by atoms with van der Waals surface area (Å²) in [5.41, 5.74) is 1.53. The standard InChI is InChI=1S/C6H12NP.C2H6/c1-6-2-4-7(8)5-3-6;1-2/h2H,3-5,8H2,1H3;1-2H3. The Hall–Kier alpha value is 0.130. The summed E-state index contributed by atoms with van der Waals surface area (Å²) < 4.78 is 2.24. The van der Waals surface area contributed by atoms with E-state index in [4.69, 9.17) is 0 Å². The van der Waals surface area contributed by atoms with Gasteiger partial charge in [-0.2, -0.15) is 0 Å². The zero-order valence-corrected chi connectivity index (χ0v) is 8.38. The number of hydrogen-bond donors (Lipinski definition) is 0. The van der Waals surface area contributed by atoms with Gasteiger partial charge in [0, 0.05) is 13.1 Å². The molecule has 0 N–H and O–H groups in total. The Morgan fingerprint density at radius 3 is 2.40 bits per heavy atom. The highest BCUT2D eigenvalue weighted by Gasteiger charge is 2.01. The molecule has 1 aliphatic rings. The van der Waals surface area contributed by atoms with E-state index >= 15 is 0 Å². The van der Waals surface area contributed by atoms with E-state index in [0.717, 1.165) is 6.54 Å². The first-order valence-electron chi connectivity index (χ1n) is 3.94. The Morgan fingerprint density at radius 1 is 1.50 bits per heavy atom. The van der Waals surface area contributed by atoms with Crippen LogP contribution < -0.4 is 0 Å². The lowest BCUT2D eigenvalue weighted by molar-refractivity contribution is 0.498. The second kappa shape index (κ2) is 5.88. The molecule has 0 aromatic carbocycles. The summed E-state index contributed by atoms with van der Waals surface area (Å²) in [5.74, 6) is 0. The number of rotatable bonds is 0. The Morgan fingerprint density at radius 2 is 2.10 bits per heavy atom. The van der Waals surface area contributed by atoms with Crippen LogP contribution in [0, 0.1) is 0 Å². The lowest BCUT2D eigenvalue weighted by atomic mass is 10.1. The van der Waals surface area contributed by atoms with Crippen molar-refractivity contribution in [1.29, 1.82) is 0 Å². The van der Waals surface area contributed by atoms with Gasteiger partial charge in [0.2, 0.25) is 0 Å². The second-order valence-electron chi connectivity index (χ2n) is 2.30. The third-order valence-electron chi connectivity index (χ3n) is 1.47. The van der Waals surface area contributed by atoms with Crippen LogP contribution in [0.1, 0.15) is 27.2 Å². The molecule has 1 heterocycles. The lowest BCUT2D eigenvalue weighted by Gasteiger charge is -2.19. The molecule has 0 amide bonds. The van der Waals surface area contributed by atoms with Crippen LogP contribution >= 0.6 is 9.39 Å². The van der Waals surface area contributed by atoms with Crippen molar-refractivity contribution in [3.63, 3.8) is 0 Å². The van der Waals surface area contributed by atoms with Crippen molar-refractivity contribution in [3.05, 3.63) is 11.6 Å². The Kier molecular flexibility index (Phi) is 5.96. The Labute approximate surface area is 66.8 Å². The smallest absolute Gasteiger partial charge is 0.0199 e. The quantitative estimate of drug-likeness (QED) is 0.387. The highest BCUT2D eigenvalue weighted by atomic mass is 31.0. The fraction of sp³-hybridized carbons (Fsp3) is 0.750. The van der Waals surface area contributed by atoms with E-state index in [2.05, 4.69) is 27.1 Å². The molecule has 0 aromatic rings. The molecule has 60 valence electrons. The van der Waals surface area contributed by atoms with Crippen molar-refractivity contribution in [3.8, 4) is 0 Å². The van der Waals surface area contributed by atoms with Crippen LogP contribution in [-0.4, -0.2) is 17.8 Å². The van der Waals surface area contributed by atoms with Crippen LogP contribution in [0.25, 0.3) is 0 Å². The van der Waals surface area contributed by atoms with Gasteiger partial charge in [0.25, 0.3) is 0 Å². The van der Waals surface area contributed by atoms with Crippen molar-refractivity contribution in [2.75, 3.05) is 13.1 Å². The van der Waals surface area contributed by atoms with Gasteiger partial charge < -0.3 is 0 Å². The molecule has 0 saturated heterocycles. The summed E-state index contributed by atoms with van der Waals surface area (Å²) in [6.07, 6.45) is 3.51. The van der Waals surface area contributed by atoms with Crippen molar-refractivity contribution in [2.24, 2.45) is 0 Å². The van der Waals surface area contributed by atoms with Crippen LogP contribution in [0.5, 0.6) is 0 Å². The highest BCUT2D eigenvalue weighted by molar-refractivity contribution is 7.13. The van der Waals surface area contributed by atoms with E-state index in [9.17, 15) is 0 Å². The van der Waals surface area contributed by atoms with E-state index in [1.807, 2.05) is 13.8 Å². The van der Waals surface area contributed by atoms with Crippen LogP contribution in [-0.2, 0) is 0 Å². The molecule has 0 fully saturated rings. The largest absolute Gasteiger partial charge is 0.283 e. The van der Waals surface area contributed by atoms with E-state index < -0.39 is 0 Å². The predicted octanol–water partition coefficient (Wildman–Crippen LogP) is 2.45. The maximum absolute atomic E-state index is 2.71. The monoisotopic (exact) mass is 159 g/mol. The van der Waals surface area contributed by atoms with Gasteiger partial charge in [-0.25, -0.2) is 0 Å². The molecule has 1 rings (SSSR count). The minimum atomic E-state index is 1.11. The topological polar surface area (TPSA) is 3.24 Å². The molecule has 0 spiro atoms. The van der Waals surface area contributed by atoms with Crippen molar-refractivity contribution < 1.29 is 0 Å². The third-order valence-corrected chi connectivity index (χ3v) is 1.94. The third kappa shape index (κ3) is 4.03. The minimum Gasteiger partial charge on any atom is -0.283 e. The Balaban J connectivity index is 0.000000371. The SMILES string of the molecule is CC.CC1=CCN(P)CC1. The van der Waals surface area contributed by atoms with E-state index in [0.29, 0.717) is 0 Å². The van der Waals surface area contributed by atoms with Gasteiger partial charge in [0.15, 0.2) is 0 Å². The van der Waals surface area contributed by atoms with E-state index in [-0.39, 0.29) is 0 Å². The van der Waals surface area contributed by atoms with Gasteiger partial charge in [-0.1, -0.05) is 34.9 Å². The maximum Gasteiger partial charge on any atom is 0.0199 e. The maximum atomic E-state index is 2.71. The van der Waals surface area contributed by atoms with Crippen LogP contribution in [0.4, 0.5) is 0 Å². The normalized spacial score (nSPS) is 19.0. The predicted molar refractivity (Wildman–Crippen MR) is 51.0 cm³/mol. The second-order valence-corrected chi connectivity index (χ2v) is 3.03. The van der Waals surface area contributed by atoms with Crippen molar-refractivity contribution >= 4 is 9.39 Å². The van der Waals surface area contributed by atoms with Gasteiger partial charge in [-0.05, 0) is 13.3 Å². The minimum absolute atomic E-state index is 1.11. The van der Waals surface area contributed by atoms with Crippen LogP contribution in [0.2, 0.25) is 0 Å². The summed E-state index contributed by atoms with van der Waals surface area (Å²) in [5, 5.41) is 0. The number of nitrogens with zero attached hydrogens (tertiary/aromatic N) is 1. The van der Waals surface area contributed by atoms with Gasteiger partial charge in [0.1, 0.15) is 0 Å². The zero-order valence-electron chi connectivity index (χ0n) is 7.22. The molecule has 0 bridgehead atoms. The number of hydrogen-bond acceptors (Lipinski definition) is 1. The molecule has 0 aliphatic carbocycles. The molecule has 10 heavy (non-hydrogen) atoms. The average molecular weight is 159 g/mol. The van der Waals surface area contributed by atoms with Crippen molar-refractivity contribution in [2.45, 2.75) is 27.2 Å². The molecule has 0 saturated carbocycles. The first-order chi connectivity index (χ1) is 4.79. The summed E-state index contributed by atoms with van der Waals surface area (Å²) in [7, 11) is 2.71. The first kappa shape index (κ1) is 10.1. The molecular weight excluding hydrogens is 141 g/mol. The van der Waals surface area contributed by atoms with E-state index in [1.165, 1.54) is 18.5 Å². The van der Waals surface area contributed by atoms with E-state index in [1.54, 1.807) is 0 Å².